The van der Waals surface area contributed by atoms with E-state index in [1.165, 1.54) is 24.0 Å². The smallest absolute Gasteiger partial charge is 0.344 e. The van der Waals surface area contributed by atoms with Crippen molar-refractivity contribution < 1.29 is 19.1 Å². The number of rotatable bonds is 6. The summed E-state index contributed by atoms with van der Waals surface area (Å²) >= 11 is 0. The van der Waals surface area contributed by atoms with Crippen molar-refractivity contribution in [2.45, 2.75) is 47.0 Å². The Morgan fingerprint density at radius 2 is 1.87 bits per heavy atom. The Bertz CT molecular complexity index is 1140. The molecule has 0 aliphatic carbocycles. The van der Waals surface area contributed by atoms with Crippen molar-refractivity contribution >= 4 is 28.7 Å². The summed E-state index contributed by atoms with van der Waals surface area (Å²) in [6.45, 7) is 16.3. The van der Waals surface area contributed by atoms with Gasteiger partial charge in [0.1, 0.15) is 0 Å². The lowest BCUT2D eigenvalue weighted by molar-refractivity contribution is -0.169. The highest BCUT2D eigenvalue weighted by molar-refractivity contribution is 5.92. The Labute approximate surface area is 174 Å². The average molecular weight is 409 g/mol. The second-order valence-corrected chi connectivity index (χ2v) is 7.41. The third-order valence-electron chi connectivity index (χ3n) is 4.37. The predicted octanol–water partition coefficient (Wildman–Crippen LogP) is 4.06. The lowest BCUT2D eigenvalue weighted by Gasteiger charge is -2.14. The molecule has 0 N–H and O–H groups in total. The molecule has 1 atom stereocenters. The molecule has 0 fully saturated rings. The first-order chi connectivity index (χ1) is 14.2. The first-order valence-corrected chi connectivity index (χ1v) is 9.57. The molecule has 0 radical (unpaired) electrons. The topological polar surface area (TPSA) is 92.6 Å². The van der Waals surface area contributed by atoms with Crippen LogP contribution in [0.4, 0.5) is 5.82 Å². The molecule has 2 aromatic heterocycles. The molecule has 0 spiro atoms. The molecule has 0 amide bonds. The van der Waals surface area contributed by atoms with E-state index in [0.29, 0.717) is 16.9 Å². The summed E-state index contributed by atoms with van der Waals surface area (Å²) in [4.78, 5) is 27.4. The van der Waals surface area contributed by atoms with Crippen LogP contribution in [0.25, 0.3) is 21.4 Å². The highest BCUT2D eigenvalue weighted by Crippen LogP contribution is 2.29. The number of carbonyl (C=O) groups excluding carboxylic acids is 2. The van der Waals surface area contributed by atoms with E-state index in [1.807, 2.05) is 32.0 Å². The van der Waals surface area contributed by atoms with E-state index < -0.39 is 18.2 Å². The predicted molar refractivity (Wildman–Crippen MR) is 109 cm³/mol. The van der Waals surface area contributed by atoms with Gasteiger partial charge in [0.25, 0.3) is 0 Å². The quantitative estimate of drug-likeness (QED) is 0.346. The molecule has 3 rings (SSSR count). The molecule has 9 heteroatoms. The molecule has 0 saturated carbocycles. The maximum atomic E-state index is 12.3. The molecule has 30 heavy (non-hydrogen) atoms. The van der Waals surface area contributed by atoms with Gasteiger partial charge < -0.3 is 14.3 Å². The van der Waals surface area contributed by atoms with Gasteiger partial charge in [0.2, 0.25) is 6.29 Å². The minimum Gasteiger partial charge on any atom is -0.425 e. The van der Waals surface area contributed by atoms with Crippen molar-refractivity contribution in [2.75, 3.05) is 0 Å². The molecule has 3 aromatic rings. The van der Waals surface area contributed by atoms with Gasteiger partial charge in [-0.3, -0.25) is 4.79 Å². The van der Waals surface area contributed by atoms with Crippen LogP contribution in [-0.2, 0) is 14.3 Å². The number of nitrogens with zero attached hydrogens (tertiary/aromatic N) is 5. The summed E-state index contributed by atoms with van der Waals surface area (Å²) in [6, 6.07) is 5.64. The van der Waals surface area contributed by atoms with Gasteiger partial charge in [0, 0.05) is 18.5 Å². The summed E-state index contributed by atoms with van der Waals surface area (Å²) in [5.41, 5.74) is 1.74. The Morgan fingerprint density at radius 3 is 2.50 bits per heavy atom. The van der Waals surface area contributed by atoms with Gasteiger partial charge >= 0.3 is 17.8 Å². The summed E-state index contributed by atoms with van der Waals surface area (Å²) < 4.78 is 13.5. The van der Waals surface area contributed by atoms with Crippen LogP contribution in [0.3, 0.4) is 0 Å². The van der Waals surface area contributed by atoms with Gasteiger partial charge in [0.05, 0.1) is 34.9 Å². The standard InChI is InChI=1S/C21H23N5O4/c1-12(2)20(27)29-14(5)30-21(28)15-10-23-25(11-15)16-7-8-18-17(9-16)19(22-6)24-26(18)13(3)4/h7-14H,1-5H3. The maximum Gasteiger partial charge on any atom is 0.344 e. The first kappa shape index (κ1) is 21.0. The molecule has 156 valence electrons. The zero-order valence-corrected chi connectivity index (χ0v) is 17.5. The number of hydrogen-bond acceptors (Lipinski definition) is 6. The molecule has 1 aromatic carbocycles. The molecular formula is C21H23N5O4. The van der Waals surface area contributed by atoms with Crippen molar-refractivity contribution in [3.8, 4) is 5.69 Å². The zero-order valence-electron chi connectivity index (χ0n) is 17.5. The molecular weight excluding hydrogens is 386 g/mol. The van der Waals surface area contributed by atoms with Crippen LogP contribution in [0.15, 0.2) is 30.6 Å². The molecule has 0 saturated heterocycles. The number of ether oxygens (including phenoxy) is 2. The van der Waals surface area contributed by atoms with Gasteiger partial charge in [-0.1, -0.05) is 20.4 Å². The van der Waals surface area contributed by atoms with Crippen molar-refractivity contribution in [1.82, 2.24) is 19.6 Å². The largest absolute Gasteiger partial charge is 0.425 e. The summed E-state index contributed by atoms with van der Waals surface area (Å²) in [7, 11) is 0. The molecule has 9 nitrogen and oxygen atoms in total. The van der Waals surface area contributed by atoms with E-state index in [2.05, 4.69) is 15.0 Å². The van der Waals surface area contributed by atoms with Gasteiger partial charge in [-0.15, -0.1) is 0 Å². The van der Waals surface area contributed by atoms with Crippen molar-refractivity contribution in [1.29, 1.82) is 0 Å². The van der Waals surface area contributed by atoms with E-state index >= 15 is 0 Å². The van der Waals surface area contributed by atoms with Gasteiger partial charge in [-0.25, -0.2) is 9.48 Å². The second-order valence-electron chi connectivity index (χ2n) is 7.41. The minimum absolute atomic E-state index is 0.117. The second kappa shape index (κ2) is 8.37. The van der Waals surface area contributed by atoms with E-state index in [9.17, 15) is 9.59 Å². The number of aromatic nitrogens is 4. The lowest BCUT2D eigenvalue weighted by Crippen LogP contribution is -2.24. The van der Waals surface area contributed by atoms with E-state index in [4.69, 9.17) is 16.0 Å². The number of fused-ring (bicyclic) bond motifs is 1. The van der Waals surface area contributed by atoms with Crippen LogP contribution < -0.4 is 0 Å². The summed E-state index contributed by atoms with van der Waals surface area (Å²) in [5, 5.41) is 9.29. The van der Waals surface area contributed by atoms with Crippen LogP contribution in [-0.4, -0.2) is 37.8 Å². The highest BCUT2D eigenvalue weighted by Gasteiger charge is 2.20. The normalized spacial score (nSPS) is 12.2. The van der Waals surface area contributed by atoms with Crippen LogP contribution >= 0.6 is 0 Å². The average Bonchev–Trinajstić information content (AvgIpc) is 3.32. The maximum absolute atomic E-state index is 12.3. The van der Waals surface area contributed by atoms with Crippen LogP contribution in [0, 0.1) is 12.5 Å². The van der Waals surface area contributed by atoms with Gasteiger partial charge in [-0.2, -0.15) is 9.78 Å². The fourth-order valence-electron chi connectivity index (χ4n) is 2.84. The minimum atomic E-state index is -1.00. The van der Waals surface area contributed by atoms with Crippen LogP contribution in [0.1, 0.15) is 51.0 Å². The molecule has 0 aliphatic rings. The third kappa shape index (κ3) is 4.17. The molecule has 2 heterocycles. The fraction of sp³-hybridized carbons (Fsp3) is 0.381. The van der Waals surface area contributed by atoms with Crippen LogP contribution in [0.5, 0.6) is 0 Å². The Morgan fingerprint density at radius 1 is 1.13 bits per heavy atom. The number of hydrogen-bond donors (Lipinski definition) is 0. The molecule has 0 aliphatic heterocycles. The van der Waals surface area contributed by atoms with Gasteiger partial charge in [0.15, 0.2) is 0 Å². The zero-order chi connectivity index (χ0) is 22.0. The molecule has 1 unspecified atom stereocenters. The Hall–Kier alpha value is -3.67. The van der Waals surface area contributed by atoms with Crippen molar-refractivity contribution in [3.63, 3.8) is 0 Å². The highest BCUT2D eigenvalue weighted by atomic mass is 16.7. The van der Waals surface area contributed by atoms with Crippen molar-refractivity contribution in [2.24, 2.45) is 5.92 Å². The number of benzene rings is 1. The molecule has 0 bridgehead atoms. The number of esters is 2. The fourth-order valence-corrected chi connectivity index (χ4v) is 2.84. The first-order valence-electron chi connectivity index (χ1n) is 9.57. The monoisotopic (exact) mass is 409 g/mol. The Kier molecular flexibility index (Phi) is 5.87. The van der Waals surface area contributed by atoms with Gasteiger partial charge in [-0.05, 0) is 37.1 Å². The number of carbonyl (C=O) groups is 2. The van der Waals surface area contributed by atoms with E-state index in [1.54, 1.807) is 18.5 Å². The van der Waals surface area contributed by atoms with Crippen LogP contribution in [0.2, 0.25) is 0 Å². The summed E-state index contributed by atoms with van der Waals surface area (Å²) in [6.07, 6.45) is 1.89. The van der Waals surface area contributed by atoms with Crippen molar-refractivity contribution in [3.05, 3.63) is 47.6 Å². The summed E-state index contributed by atoms with van der Waals surface area (Å²) in [5.74, 6) is -1.10. The van der Waals surface area contributed by atoms with E-state index in [0.717, 1.165) is 5.52 Å². The third-order valence-corrected chi connectivity index (χ3v) is 4.37. The van der Waals surface area contributed by atoms with E-state index in [-0.39, 0.29) is 17.5 Å². The SMILES string of the molecule is [C-]#[N+]c1nn(C(C)C)c2ccc(-n3cc(C(=O)OC(C)OC(=O)C(C)C)cn3)cc12. The lowest BCUT2D eigenvalue weighted by atomic mass is 10.2. The Balaban J connectivity index is 1.82.